The number of nitrogens with one attached hydrogen (secondary N) is 3. The van der Waals surface area contributed by atoms with E-state index in [-0.39, 0.29) is 49.9 Å². The van der Waals surface area contributed by atoms with Crippen molar-refractivity contribution in [2.24, 2.45) is 0 Å². The lowest BCUT2D eigenvalue weighted by atomic mass is 10.1. The third kappa shape index (κ3) is 10.7. The molecule has 0 radical (unpaired) electrons. The average molecular weight is 642 g/mol. The number of hydrogen-bond donors (Lipinski definition) is 3. The third-order valence-corrected chi connectivity index (χ3v) is 7.91. The van der Waals surface area contributed by atoms with E-state index in [0.29, 0.717) is 19.4 Å². The highest BCUT2D eigenvalue weighted by molar-refractivity contribution is 6.01. The van der Waals surface area contributed by atoms with Gasteiger partial charge in [0.2, 0.25) is 23.6 Å². The quantitative estimate of drug-likeness (QED) is 0.323. The number of fused-ring (bicyclic) bond motifs is 1. The maximum absolute atomic E-state index is 13.6. The minimum Gasteiger partial charge on any atom is -0.491 e. The van der Waals surface area contributed by atoms with Crippen molar-refractivity contribution in [2.75, 3.05) is 39.8 Å². The summed E-state index contributed by atoms with van der Waals surface area (Å²) in [4.78, 5) is 69.2. The zero-order chi connectivity index (χ0) is 33.6. The molecule has 0 saturated heterocycles. The smallest absolute Gasteiger partial charge is 0.255 e. The summed E-state index contributed by atoms with van der Waals surface area (Å²) in [6.07, 6.45) is 1.51. The van der Waals surface area contributed by atoms with Crippen molar-refractivity contribution < 1.29 is 28.7 Å². The fraction of sp³-hybridized carbons (Fsp3) is 0.361. The minimum atomic E-state index is -1.20. The van der Waals surface area contributed by atoms with E-state index >= 15 is 0 Å². The highest BCUT2D eigenvalue weighted by atomic mass is 16.5. The van der Waals surface area contributed by atoms with Crippen LogP contribution in [-0.2, 0) is 32.0 Å². The first-order chi connectivity index (χ1) is 22.7. The molecule has 0 saturated carbocycles. The van der Waals surface area contributed by atoms with E-state index in [4.69, 9.17) is 4.74 Å². The maximum atomic E-state index is 13.6. The van der Waals surface area contributed by atoms with Crippen molar-refractivity contribution in [1.82, 2.24) is 25.8 Å². The second-order valence-electron chi connectivity index (χ2n) is 11.5. The van der Waals surface area contributed by atoms with Gasteiger partial charge in [0, 0.05) is 20.1 Å². The van der Waals surface area contributed by atoms with E-state index < -0.39 is 35.7 Å². The zero-order valence-electron chi connectivity index (χ0n) is 26.9. The van der Waals surface area contributed by atoms with E-state index in [9.17, 15) is 24.0 Å². The van der Waals surface area contributed by atoms with E-state index in [2.05, 4.69) is 16.0 Å². The Bertz CT molecular complexity index is 1520. The first-order valence-corrected chi connectivity index (χ1v) is 15.9. The number of benzene rings is 3. The van der Waals surface area contributed by atoms with Crippen molar-refractivity contribution in [2.45, 2.75) is 44.7 Å². The summed E-state index contributed by atoms with van der Waals surface area (Å²) in [5.41, 5.74) is 2.29. The predicted molar refractivity (Wildman–Crippen MR) is 178 cm³/mol. The highest BCUT2D eigenvalue weighted by Crippen LogP contribution is 2.19. The molecule has 0 unspecified atom stereocenters. The van der Waals surface area contributed by atoms with E-state index in [1.807, 2.05) is 60.7 Å². The van der Waals surface area contributed by atoms with Crippen LogP contribution in [0.1, 0.15) is 41.3 Å². The second kappa shape index (κ2) is 17.5. The lowest BCUT2D eigenvalue weighted by Gasteiger charge is -2.26. The average Bonchev–Trinajstić information content (AvgIpc) is 3.08. The van der Waals surface area contributed by atoms with Gasteiger partial charge < -0.3 is 30.5 Å². The van der Waals surface area contributed by atoms with Gasteiger partial charge in [0.05, 0.1) is 31.1 Å². The van der Waals surface area contributed by atoms with Crippen molar-refractivity contribution in [3.63, 3.8) is 0 Å². The lowest BCUT2D eigenvalue weighted by molar-refractivity contribution is -0.142. The van der Waals surface area contributed by atoms with Crippen molar-refractivity contribution in [1.29, 1.82) is 0 Å². The van der Waals surface area contributed by atoms with Gasteiger partial charge in [-0.1, -0.05) is 72.8 Å². The molecule has 1 aliphatic heterocycles. The number of carbonyl (C=O) groups is 5. The van der Waals surface area contributed by atoms with Crippen molar-refractivity contribution in [3.8, 4) is 5.75 Å². The summed E-state index contributed by atoms with van der Waals surface area (Å²) in [5.74, 6) is -2.15. The zero-order valence-corrected chi connectivity index (χ0v) is 26.9. The first kappa shape index (κ1) is 34.7. The molecule has 11 heteroatoms. The molecule has 2 atom stereocenters. The Morgan fingerprint density at radius 1 is 0.851 bits per heavy atom. The largest absolute Gasteiger partial charge is 0.491 e. The van der Waals surface area contributed by atoms with Crippen LogP contribution in [0.4, 0.5) is 0 Å². The van der Waals surface area contributed by atoms with Gasteiger partial charge >= 0.3 is 0 Å². The molecule has 0 aromatic heterocycles. The van der Waals surface area contributed by atoms with Crippen LogP contribution < -0.4 is 20.7 Å². The van der Waals surface area contributed by atoms with Crippen LogP contribution in [0.15, 0.2) is 84.9 Å². The monoisotopic (exact) mass is 641 g/mol. The fourth-order valence-electron chi connectivity index (χ4n) is 5.28. The fourth-order valence-corrected chi connectivity index (χ4v) is 5.28. The second-order valence-corrected chi connectivity index (χ2v) is 11.5. The van der Waals surface area contributed by atoms with Gasteiger partial charge in [-0.05, 0) is 49.4 Å². The Balaban J connectivity index is 1.57. The lowest BCUT2D eigenvalue weighted by Crippen LogP contribution is -2.51. The molecule has 5 amide bonds. The Morgan fingerprint density at radius 2 is 1.51 bits per heavy atom. The standard InChI is InChI=1S/C36H43N5O6/c1-3-41-24-34(44)40(2)23-32(42)38-28(21-27-15-8-5-9-16-27)25-47-31-19-11-10-18-29(31)35(45)39-30(22-33(41)43)36(46)37-20-12-17-26-13-6-4-7-14-26/h4-11,13-16,18-19,28,30H,3,12,17,20-25H2,1-2H3,(H,37,46)(H,38,42)(H,39,45)/t28-,30+/m1/s1. The summed E-state index contributed by atoms with van der Waals surface area (Å²) in [7, 11) is 1.50. The molecule has 0 spiro atoms. The molecular formula is C36H43N5O6. The van der Waals surface area contributed by atoms with Gasteiger partial charge in [-0.25, -0.2) is 0 Å². The molecule has 0 fully saturated rings. The molecule has 47 heavy (non-hydrogen) atoms. The molecule has 3 N–H and O–H groups in total. The Hall–Kier alpha value is -5.19. The molecule has 4 rings (SSSR count). The van der Waals surface area contributed by atoms with Crippen LogP contribution in [0.3, 0.4) is 0 Å². The summed E-state index contributed by atoms with van der Waals surface area (Å²) in [5, 5.41) is 8.54. The molecule has 1 heterocycles. The predicted octanol–water partition coefficient (Wildman–Crippen LogP) is 2.35. The summed E-state index contributed by atoms with van der Waals surface area (Å²) >= 11 is 0. The van der Waals surface area contributed by atoms with Gasteiger partial charge in [-0.15, -0.1) is 0 Å². The van der Waals surface area contributed by atoms with Crippen LogP contribution in [-0.4, -0.2) is 91.3 Å². The molecule has 1 aliphatic rings. The summed E-state index contributed by atoms with van der Waals surface area (Å²) in [6.45, 7) is 1.80. The SMILES string of the molecule is CCN1CC(=O)N(C)CC(=O)N[C@H](Cc2ccccc2)COc2ccccc2C(=O)N[C@H](C(=O)NCCCc2ccccc2)CC1=O. The Kier molecular flexibility index (Phi) is 12.9. The van der Waals surface area contributed by atoms with Crippen LogP contribution >= 0.6 is 0 Å². The summed E-state index contributed by atoms with van der Waals surface area (Å²) in [6, 6.07) is 24.4. The Labute approximate surface area is 275 Å². The highest BCUT2D eigenvalue weighted by Gasteiger charge is 2.29. The number of aryl methyl sites for hydroxylation is 1. The van der Waals surface area contributed by atoms with Gasteiger partial charge in [0.25, 0.3) is 5.91 Å². The molecule has 11 nitrogen and oxygen atoms in total. The topological polar surface area (TPSA) is 137 Å². The number of carbonyl (C=O) groups excluding carboxylic acids is 5. The van der Waals surface area contributed by atoms with Crippen LogP contribution in [0.5, 0.6) is 5.75 Å². The maximum Gasteiger partial charge on any atom is 0.255 e. The van der Waals surface area contributed by atoms with E-state index in [1.54, 1.807) is 31.2 Å². The number of para-hydroxylation sites is 1. The number of amides is 5. The van der Waals surface area contributed by atoms with Gasteiger partial charge in [-0.2, -0.15) is 0 Å². The van der Waals surface area contributed by atoms with Gasteiger partial charge in [-0.3, -0.25) is 24.0 Å². The van der Waals surface area contributed by atoms with Crippen LogP contribution in [0.25, 0.3) is 0 Å². The minimum absolute atomic E-state index is 0.0377. The molecule has 0 aliphatic carbocycles. The molecule has 3 aromatic carbocycles. The van der Waals surface area contributed by atoms with E-state index in [1.165, 1.54) is 16.8 Å². The molecular weight excluding hydrogens is 598 g/mol. The number of rotatable bonds is 8. The van der Waals surface area contributed by atoms with E-state index in [0.717, 1.165) is 17.5 Å². The molecule has 0 bridgehead atoms. The number of ether oxygens (including phenoxy) is 1. The molecule has 3 aromatic rings. The molecule has 248 valence electrons. The van der Waals surface area contributed by atoms with Crippen LogP contribution in [0.2, 0.25) is 0 Å². The Morgan fingerprint density at radius 3 is 2.21 bits per heavy atom. The number of nitrogens with zero attached hydrogens (tertiary/aromatic N) is 2. The van der Waals surface area contributed by atoms with Gasteiger partial charge in [0.1, 0.15) is 18.4 Å². The first-order valence-electron chi connectivity index (χ1n) is 15.9. The van der Waals surface area contributed by atoms with Crippen LogP contribution in [0, 0.1) is 0 Å². The summed E-state index contributed by atoms with van der Waals surface area (Å²) < 4.78 is 6.11. The number of hydrogen-bond acceptors (Lipinski definition) is 6. The van der Waals surface area contributed by atoms with Crippen molar-refractivity contribution >= 4 is 29.5 Å². The number of likely N-dealkylation sites (N-methyl/N-ethyl adjacent to an activating group) is 2. The normalized spacial score (nSPS) is 18.3. The third-order valence-electron chi connectivity index (χ3n) is 7.91. The van der Waals surface area contributed by atoms with Gasteiger partial charge in [0.15, 0.2) is 0 Å². The van der Waals surface area contributed by atoms with Crippen molar-refractivity contribution in [3.05, 3.63) is 102 Å².